The van der Waals surface area contributed by atoms with Crippen molar-refractivity contribution in [2.75, 3.05) is 13.2 Å². The molecule has 9 heteroatoms. The minimum atomic E-state index is -5.15. The summed E-state index contributed by atoms with van der Waals surface area (Å²) >= 11 is 0. The monoisotopic (exact) mass is 462 g/mol. The Bertz CT molecular complexity index is 724. The number of ether oxygens (including phenoxy) is 3. The van der Waals surface area contributed by atoms with Crippen molar-refractivity contribution >= 4 is 17.9 Å². The number of rotatable bonds is 8. The molecule has 182 valence electrons. The second-order valence-corrected chi connectivity index (χ2v) is 10.6. The number of carbonyl (C=O) groups is 3. The van der Waals surface area contributed by atoms with Gasteiger partial charge >= 0.3 is 24.1 Å². The summed E-state index contributed by atoms with van der Waals surface area (Å²) in [6.07, 6.45) is -0.0467. The third kappa shape index (κ3) is 4.62. The highest BCUT2D eigenvalue weighted by atomic mass is 19.4. The van der Waals surface area contributed by atoms with E-state index in [1.54, 1.807) is 20.8 Å². The topological polar surface area (TPSA) is 78.9 Å². The molecular weight excluding hydrogens is 429 g/mol. The van der Waals surface area contributed by atoms with E-state index in [9.17, 15) is 27.6 Å². The van der Waals surface area contributed by atoms with Crippen molar-refractivity contribution in [1.29, 1.82) is 0 Å². The summed E-state index contributed by atoms with van der Waals surface area (Å²) in [6.45, 7) is 4.72. The van der Waals surface area contributed by atoms with Crippen molar-refractivity contribution in [3.8, 4) is 0 Å². The van der Waals surface area contributed by atoms with Gasteiger partial charge in [0.1, 0.15) is 13.2 Å². The van der Waals surface area contributed by atoms with Crippen molar-refractivity contribution < 1.29 is 41.8 Å². The van der Waals surface area contributed by atoms with Crippen molar-refractivity contribution in [3.05, 3.63) is 0 Å². The average molecular weight is 463 g/mol. The smallest absolute Gasteiger partial charge is 0.439 e. The summed E-state index contributed by atoms with van der Waals surface area (Å²) in [5, 5.41) is 0. The van der Waals surface area contributed by atoms with Gasteiger partial charge in [0.2, 0.25) is 0 Å². The van der Waals surface area contributed by atoms with E-state index in [1.165, 1.54) is 0 Å². The van der Waals surface area contributed by atoms with Crippen LogP contribution in [0.4, 0.5) is 13.2 Å². The van der Waals surface area contributed by atoms with E-state index in [-0.39, 0.29) is 6.61 Å². The SMILES string of the molecule is CCC(C)(C)C(=O)OCCOC(=O)C(C)(OC(=O)C12CC3CC(CC(C3)C1)C2)C(F)(F)F. The Morgan fingerprint density at radius 1 is 0.844 bits per heavy atom. The molecule has 0 heterocycles. The van der Waals surface area contributed by atoms with Crippen molar-refractivity contribution in [1.82, 2.24) is 0 Å². The first-order valence-corrected chi connectivity index (χ1v) is 11.4. The summed E-state index contributed by atoms with van der Waals surface area (Å²) in [4.78, 5) is 37.4. The molecule has 4 fully saturated rings. The highest BCUT2D eigenvalue weighted by molar-refractivity contribution is 5.86. The van der Waals surface area contributed by atoms with Gasteiger partial charge in [-0.25, -0.2) is 4.79 Å². The third-order valence-electron chi connectivity index (χ3n) is 7.68. The minimum Gasteiger partial charge on any atom is -0.462 e. The molecule has 0 aromatic heterocycles. The van der Waals surface area contributed by atoms with Crippen LogP contribution in [-0.2, 0) is 28.6 Å². The molecule has 0 aromatic rings. The van der Waals surface area contributed by atoms with E-state index in [0.29, 0.717) is 50.4 Å². The van der Waals surface area contributed by atoms with E-state index < -0.39 is 47.1 Å². The van der Waals surface area contributed by atoms with Crippen LogP contribution < -0.4 is 0 Å². The molecule has 0 saturated heterocycles. The first-order chi connectivity index (χ1) is 14.7. The van der Waals surface area contributed by atoms with Gasteiger partial charge in [0, 0.05) is 0 Å². The molecule has 32 heavy (non-hydrogen) atoms. The summed E-state index contributed by atoms with van der Waals surface area (Å²) in [7, 11) is 0. The van der Waals surface area contributed by atoms with Crippen molar-refractivity contribution in [2.24, 2.45) is 28.6 Å². The van der Waals surface area contributed by atoms with E-state index in [4.69, 9.17) is 14.2 Å². The molecule has 0 aromatic carbocycles. The Hall–Kier alpha value is -1.80. The second kappa shape index (κ2) is 8.52. The van der Waals surface area contributed by atoms with Crippen molar-refractivity contribution in [3.63, 3.8) is 0 Å². The van der Waals surface area contributed by atoms with Crippen LogP contribution in [0.15, 0.2) is 0 Å². The number of carbonyl (C=O) groups excluding carboxylic acids is 3. The second-order valence-electron chi connectivity index (χ2n) is 10.6. The average Bonchev–Trinajstić information content (AvgIpc) is 2.68. The Labute approximate surface area is 186 Å². The zero-order valence-electron chi connectivity index (χ0n) is 19.2. The van der Waals surface area contributed by atoms with Gasteiger partial charge in [-0.3, -0.25) is 9.59 Å². The van der Waals surface area contributed by atoms with E-state index in [2.05, 4.69) is 0 Å². The van der Waals surface area contributed by atoms with Crippen LogP contribution in [-0.4, -0.2) is 42.9 Å². The zero-order valence-corrected chi connectivity index (χ0v) is 19.2. The van der Waals surface area contributed by atoms with Crippen LogP contribution in [0.5, 0.6) is 0 Å². The number of esters is 3. The van der Waals surface area contributed by atoms with Gasteiger partial charge in [0.05, 0.1) is 10.8 Å². The zero-order chi connectivity index (χ0) is 23.9. The fraction of sp³-hybridized carbons (Fsp3) is 0.870. The molecule has 4 aliphatic carbocycles. The number of alkyl halides is 3. The highest BCUT2D eigenvalue weighted by Gasteiger charge is 2.64. The maximum Gasteiger partial charge on any atom is 0.439 e. The molecular formula is C23H33F3O6. The molecule has 4 rings (SSSR count). The molecule has 1 unspecified atom stereocenters. The van der Waals surface area contributed by atoms with Crippen LogP contribution in [0.1, 0.15) is 72.6 Å². The van der Waals surface area contributed by atoms with Crippen LogP contribution in [0.2, 0.25) is 0 Å². The van der Waals surface area contributed by atoms with E-state index >= 15 is 0 Å². The standard InChI is InChI=1S/C23H33F3O6/c1-5-20(2,3)17(27)30-6-7-31-18(28)21(4,23(24,25)26)32-19(29)22-11-14-8-15(12-22)10-16(9-14)13-22/h14-16H,5-13H2,1-4H3. The molecule has 4 aliphatic rings. The molecule has 0 spiro atoms. The van der Waals surface area contributed by atoms with Crippen LogP contribution in [0.25, 0.3) is 0 Å². The maximum atomic E-state index is 13.9. The fourth-order valence-corrected chi connectivity index (χ4v) is 5.62. The van der Waals surface area contributed by atoms with Crippen molar-refractivity contribution in [2.45, 2.75) is 84.4 Å². The lowest BCUT2D eigenvalue weighted by atomic mass is 9.49. The van der Waals surface area contributed by atoms with Gasteiger partial charge in [-0.05, 0) is 83.5 Å². The molecule has 4 saturated carbocycles. The lowest BCUT2D eigenvalue weighted by Crippen LogP contribution is -2.58. The lowest BCUT2D eigenvalue weighted by Gasteiger charge is -2.55. The summed E-state index contributed by atoms with van der Waals surface area (Å²) in [5.74, 6) is -2.21. The summed E-state index contributed by atoms with van der Waals surface area (Å²) < 4.78 is 56.3. The Balaban J connectivity index is 1.63. The number of hydrogen-bond donors (Lipinski definition) is 0. The molecule has 0 N–H and O–H groups in total. The van der Waals surface area contributed by atoms with Gasteiger partial charge in [0.25, 0.3) is 5.60 Å². The Morgan fingerprint density at radius 2 is 1.28 bits per heavy atom. The Kier molecular flexibility index (Phi) is 6.61. The Morgan fingerprint density at radius 3 is 1.69 bits per heavy atom. The van der Waals surface area contributed by atoms with Gasteiger partial charge in [-0.1, -0.05) is 6.92 Å². The molecule has 1 atom stereocenters. The normalized spacial score (nSPS) is 31.0. The van der Waals surface area contributed by atoms with Crippen LogP contribution in [0, 0.1) is 28.6 Å². The van der Waals surface area contributed by atoms with Crippen LogP contribution in [0.3, 0.4) is 0 Å². The van der Waals surface area contributed by atoms with E-state index in [0.717, 1.165) is 19.3 Å². The first-order valence-electron chi connectivity index (χ1n) is 11.4. The molecule has 4 bridgehead atoms. The summed E-state index contributed by atoms with van der Waals surface area (Å²) in [5.41, 5.74) is -5.11. The van der Waals surface area contributed by atoms with E-state index in [1.807, 2.05) is 0 Å². The summed E-state index contributed by atoms with van der Waals surface area (Å²) in [6, 6.07) is 0. The molecule has 0 radical (unpaired) electrons. The third-order valence-corrected chi connectivity index (χ3v) is 7.68. The van der Waals surface area contributed by atoms with Gasteiger partial charge < -0.3 is 14.2 Å². The predicted octanol–water partition coefficient (Wildman–Crippen LogP) is 4.59. The molecule has 0 aliphatic heterocycles. The molecule has 6 nitrogen and oxygen atoms in total. The quantitative estimate of drug-likeness (QED) is 0.298. The fourth-order valence-electron chi connectivity index (χ4n) is 5.62. The lowest BCUT2D eigenvalue weighted by molar-refractivity contribution is -0.272. The van der Waals surface area contributed by atoms with Gasteiger partial charge in [0.15, 0.2) is 0 Å². The predicted molar refractivity (Wildman–Crippen MR) is 107 cm³/mol. The number of halogens is 3. The molecule has 0 amide bonds. The minimum absolute atomic E-state index is 0.333. The van der Waals surface area contributed by atoms with Gasteiger partial charge in [-0.15, -0.1) is 0 Å². The van der Waals surface area contributed by atoms with Gasteiger partial charge in [-0.2, -0.15) is 13.2 Å². The maximum absolute atomic E-state index is 13.9. The number of hydrogen-bond acceptors (Lipinski definition) is 6. The largest absolute Gasteiger partial charge is 0.462 e. The van der Waals surface area contributed by atoms with Crippen LogP contribution >= 0.6 is 0 Å². The first kappa shape index (κ1) is 24.8. The highest BCUT2D eigenvalue weighted by Crippen LogP contribution is 2.60.